The molecule has 5 heteroatoms. The number of benzene rings is 1. The van der Waals surface area contributed by atoms with Crippen molar-refractivity contribution in [2.45, 2.75) is 6.92 Å². The molecule has 0 unspecified atom stereocenters. The van der Waals surface area contributed by atoms with E-state index in [-0.39, 0.29) is 5.97 Å². The number of methoxy groups -OCH3 is 1. The number of carbonyl (C=O) groups excluding carboxylic acids is 1. The molecule has 1 aromatic carbocycles. The minimum Gasteiger partial charge on any atom is -0.465 e. The smallest absolute Gasteiger partial charge is 0.338 e. The standard InChI is InChI=1S/C11H9ClN2O2/c1-6-3-8-9(14-10(12)5-13-8)4-7(6)11(15)16-2/h3-5H,1-2H3. The Morgan fingerprint density at radius 2 is 2.12 bits per heavy atom. The number of aromatic nitrogens is 2. The number of hydrogen-bond donors (Lipinski definition) is 0. The number of hydrogen-bond acceptors (Lipinski definition) is 4. The molecule has 0 atom stereocenters. The summed E-state index contributed by atoms with van der Waals surface area (Å²) in [6, 6.07) is 3.42. The maximum atomic E-state index is 11.5. The lowest BCUT2D eigenvalue weighted by Gasteiger charge is -2.05. The van der Waals surface area contributed by atoms with E-state index in [0.29, 0.717) is 21.7 Å². The lowest BCUT2D eigenvalue weighted by Crippen LogP contribution is -2.04. The van der Waals surface area contributed by atoms with Gasteiger partial charge in [-0.15, -0.1) is 0 Å². The topological polar surface area (TPSA) is 52.1 Å². The SMILES string of the molecule is COC(=O)c1cc2nc(Cl)cnc2cc1C. The van der Waals surface area contributed by atoms with Gasteiger partial charge in [-0.3, -0.25) is 4.98 Å². The Kier molecular flexibility index (Phi) is 2.75. The van der Waals surface area contributed by atoms with E-state index in [0.717, 1.165) is 5.56 Å². The van der Waals surface area contributed by atoms with Gasteiger partial charge in [0.25, 0.3) is 0 Å². The lowest BCUT2D eigenvalue weighted by atomic mass is 10.1. The average Bonchev–Trinajstić information content (AvgIpc) is 2.28. The van der Waals surface area contributed by atoms with Gasteiger partial charge in [0.2, 0.25) is 0 Å². The second kappa shape index (κ2) is 4.06. The lowest BCUT2D eigenvalue weighted by molar-refractivity contribution is 0.0600. The summed E-state index contributed by atoms with van der Waals surface area (Å²) in [7, 11) is 1.34. The predicted octanol–water partition coefficient (Wildman–Crippen LogP) is 2.38. The first-order valence-corrected chi connectivity index (χ1v) is 5.01. The normalized spacial score (nSPS) is 10.4. The van der Waals surface area contributed by atoms with Crippen LogP contribution < -0.4 is 0 Å². The fraction of sp³-hybridized carbons (Fsp3) is 0.182. The van der Waals surface area contributed by atoms with E-state index in [4.69, 9.17) is 11.6 Å². The Morgan fingerprint density at radius 1 is 1.38 bits per heavy atom. The third-order valence-electron chi connectivity index (χ3n) is 2.26. The quantitative estimate of drug-likeness (QED) is 0.714. The van der Waals surface area contributed by atoms with Crippen LogP contribution in [-0.4, -0.2) is 23.0 Å². The van der Waals surface area contributed by atoms with Crippen molar-refractivity contribution in [3.8, 4) is 0 Å². The largest absolute Gasteiger partial charge is 0.465 e. The minimum atomic E-state index is -0.388. The summed E-state index contributed by atoms with van der Waals surface area (Å²) >= 11 is 5.73. The van der Waals surface area contributed by atoms with Crippen molar-refractivity contribution in [1.82, 2.24) is 9.97 Å². The molecule has 0 aliphatic rings. The van der Waals surface area contributed by atoms with Crippen LogP contribution in [0.15, 0.2) is 18.3 Å². The fourth-order valence-electron chi connectivity index (χ4n) is 1.47. The highest BCUT2D eigenvalue weighted by atomic mass is 35.5. The van der Waals surface area contributed by atoms with Crippen LogP contribution in [0, 0.1) is 6.92 Å². The summed E-state index contributed by atoms with van der Waals surface area (Å²) in [4.78, 5) is 19.7. The van der Waals surface area contributed by atoms with Crippen LogP contribution in [0.4, 0.5) is 0 Å². The zero-order valence-electron chi connectivity index (χ0n) is 8.82. The van der Waals surface area contributed by atoms with E-state index in [1.165, 1.54) is 13.3 Å². The number of nitrogens with zero attached hydrogens (tertiary/aromatic N) is 2. The molecule has 0 bridgehead atoms. The molecule has 0 fully saturated rings. The number of ether oxygens (including phenoxy) is 1. The van der Waals surface area contributed by atoms with Gasteiger partial charge in [-0.25, -0.2) is 9.78 Å². The number of fused-ring (bicyclic) bond motifs is 1. The first-order valence-electron chi connectivity index (χ1n) is 4.63. The van der Waals surface area contributed by atoms with E-state index in [1.807, 2.05) is 6.92 Å². The van der Waals surface area contributed by atoms with Crippen LogP contribution in [0.2, 0.25) is 5.15 Å². The van der Waals surface area contributed by atoms with Crippen LogP contribution in [0.1, 0.15) is 15.9 Å². The van der Waals surface area contributed by atoms with E-state index < -0.39 is 0 Å². The molecule has 0 saturated heterocycles. The summed E-state index contributed by atoms with van der Waals surface area (Å²) in [6.07, 6.45) is 1.47. The highest BCUT2D eigenvalue weighted by molar-refractivity contribution is 6.29. The van der Waals surface area contributed by atoms with Crippen molar-refractivity contribution >= 4 is 28.6 Å². The molecule has 0 spiro atoms. The van der Waals surface area contributed by atoms with Gasteiger partial charge in [0.05, 0.1) is 29.9 Å². The molecule has 0 aliphatic carbocycles. The molecule has 16 heavy (non-hydrogen) atoms. The van der Waals surface area contributed by atoms with Gasteiger partial charge in [-0.2, -0.15) is 0 Å². The fourth-order valence-corrected chi connectivity index (χ4v) is 1.61. The third kappa shape index (κ3) is 1.84. The van der Waals surface area contributed by atoms with Crippen molar-refractivity contribution in [3.05, 3.63) is 34.6 Å². The number of aryl methyl sites for hydroxylation is 1. The van der Waals surface area contributed by atoms with Crippen molar-refractivity contribution < 1.29 is 9.53 Å². The molecule has 1 heterocycles. The van der Waals surface area contributed by atoms with Crippen LogP contribution in [0.5, 0.6) is 0 Å². The Labute approximate surface area is 97.2 Å². The maximum absolute atomic E-state index is 11.5. The number of rotatable bonds is 1. The van der Waals surface area contributed by atoms with Gasteiger partial charge in [0.15, 0.2) is 0 Å². The molecule has 2 rings (SSSR count). The third-order valence-corrected chi connectivity index (χ3v) is 2.45. The highest BCUT2D eigenvalue weighted by Gasteiger charge is 2.11. The molecule has 0 N–H and O–H groups in total. The molecule has 0 aliphatic heterocycles. The summed E-state index contributed by atoms with van der Waals surface area (Å²) in [5.74, 6) is -0.388. The number of halogens is 1. The molecule has 4 nitrogen and oxygen atoms in total. The van der Waals surface area contributed by atoms with Gasteiger partial charge >= 0.3 is 5.97 Å². The van der Waals surface area contributed by atoms with E-state index in [2.05, 4.69) is 14.7 Å². The number of carbonyl (C=O) groups is 1. The molecule has 0 amide bonds. The summed E-state index contributed by atoms with van der Waals surface area (Å²) in [5.41, 5.74) is 2.57. The highest BCUT2D eigenvalue weighted by Crippen LogP contribution is 2.18. The van der Waals surface area contributed by atoms with Crippen molar-refractivity contribution in [1.29, 1.82) is 0 Å². The first kappa shape index (κ1) is 10.8. The van der Waals surface area contributed by atoms with Crippen LogP contribution in [0.25, 0.3) is 11.0 Å². The average molecular weight is 237 g/mol. The molecule has 0 saturated carbocycles. The molecule has 0 radical (unpaired) electrons. The monoisotopic (exact) mass is 236 g/mol. The predicted molar refractivity (Wildman–Crippen MR) is 60.6 cm³/mol. The van der Waals surface area contributed by atoms with Gasteiger partial charge < -0.3 is 4.74 Å². The van der Waals surface area contributed by atoms with Crippen molar-refractivity contribution in [3.63, 3.8) is 0 Å². The molecule has 1 aromatic heterocycles. The zero-order chi connectivity index (χ0) is 11.7. The second-order valence-electron chi connectivity index (χ2n) is 3.34. The number of esters is 1. The molecule has 2 aromatic rings. The summed E-state index contributed by atoms with van der Waals surface area (Å²) in [5, 5.41) is 0.298. The van der Waals surface area contributed by atoms with E-state index >= 15 is 0 Å². The van der Waals surface area contributed by atoms with Gasteiger partial charge in [0, 0.05) is 0 Å². The second-order valence-corrected chi connectivity index (χ2v) is 3.73. The van der Waals surface area contributed by atoms with Gasteiger partial charge in [-0.05, 0) is 24.6 Å². The first-order chi connectivity index (χ1) is 7.61. The maximum Gasteiger partial charge on any atom is 0.338 e. The molecule has 82 valence electrons. The van der Waals surface area contributed by atoms with E-state index in [1.54, 1.807) is 12.1 Å². The minimum absolute atomic E-state index is 0.298. The summed E-state index contributed by atoms with van der Waals surface area (Å²) < 4.78 is 4.68. The summed E-state index contributed by atoms with van der Waals surface area (Å²) in [6.45, 7) is 1.82. The zero-order valence-corrected chi connectivity index (χ0v) is 9.58. The Balaban J connectivity index is 2.68. The molecular formula is C11H9ClN2O2. The van der Waals surface area contributed by atoms with Crippen LogP contribution in [0.3, 0.4) is 0 Å². The van der Waals surface area contributed by atoms with Gasteiger partial charge in [-0.1, -0.05) is 11.6 Å². The Bertz CT molecular complexity index is 569. The Hall–Kier alpha value is -1.68. The van der Waals surface area contributed by atoms with Gasteiger partial charge in [0.1, 0.15) is 5.15 Å². The van der Waals surface area contributed by atoms with Crippen molar-refractivity contribution in [2.24, 2.45) is 0 Å². The van der Waals surface area contributed by atoms with Crippen molar-refractivity contribution in [2.75, 3.05) is 7.11 Å². The van der Waals surface area contributed by atoms with Crippen LogP contribution in [-0.2, 0) is 4.74 Å². The van der Waals surface area contributed by atoms with Crippen LogP contribution >= 0.6 is 11.6 Å². The Morgan fingerprint density at radius 3 is 2.81 bits per heavy atom. The molecular weight excluding hydrogens is 228 g/mol. The van der Waals surface area contributed by atoms with E-state index in [9.17, 15) is 4.79 Å².